The topological polar surface area (TPSA) is 57.5 Å². The molecule has 3 saturated carbocycles. The number of aliphatic hydroxyl groups excluding tert-OH is 1. The monoisotopic (exact) mass is 330 g/mol. The van der Waals surface area contributed by atoms with Crippen molar-refractivity contribution >= 4 is 6.29 Å². The maximum absolute atomic E-state index is 10.5. The van der Waals surface area contributed by atoms with Crippen LogP contribution < -0.4 is 0 Å². The quantitative estimate of drug-likeness (QED) is 0.360. The number of carbonyl (C=O) groups is 1. The molecule has 0 radical (unpaired) electrons. The molecule has 3 aliphatic rings. The number of unbranched alkanes of at least 4 members (excludes halogenated alkanes) is 1. The predicted octanol–water partition coefficient (Wildman–Crippen LogP) is 3.24. The number of aliphatic hydroxyl groups is 2. The molecule has 0 aromatic carbocycles. The minimum Gasteiger partial charge on any atom is -0.392 e. The summed E-state index contributed by atoms with van der Waals surface area (Å²) in [6.45, 7) is 2.23. The fourth-order valence-electron chi connectivity index (χ4n) is 5.11. The van der Waals surface area contributed by atoms with Gasteiger partial charge in [0.05, 0.1) is 17.6 Å². The van der Waals surface area contributed by atoms with E-state index in [-0.39, 0.29) is 12.0 Å². The third kappa shape index (κ3) is 3.46. The number of allylic oxidation sites excluding steroid dienone is 2. The zero-order valence-electron chi connectivity index (χ0n) is 14.7. The minimum absolute atomic E-state index is 0.0342. The highest BCUT2D eigenvalue weighted by atomic mass is 16.3. The molecular weight excluding hydrogens is 300 g/mol. The van der Waals surface area contributed by atoms with E-state index in [1.807, 2.05) is 0 Å². The van der Waals surface area contributed by atoms with Gasteiger partial charge in [-0.1, -0.05) is 43.3 Å². The van der Waals surface area contributed by atoms with E-state index in [9.17, 15) is 15.0 Å². The number of carbonyl (C=O) groups excluding carboxylic acids is 1. The molecule has 24 heavy (non-hydrogen) atoms. The first kappa shape index (κ1) is 17.7. The molecule has 3 heteroatoms. The maximum atomic E-state index is 10.5. The molecule has 3 nitrogen and oxygen atoms in total. The summed E-state index contributed by atoms with van der Waals surface area (Å²) in [5.41, 5.74) is 0.881. The average Bonchev–Trinajstić information content (AvgIpc) is 2.99. The lowest BCUT2D eigenvalue weighted by Crippen LogP contribution is -2.50. The van der Waals surface area contributed by atoms with E-state index in [1.54, 1.807) is 0 Å². The van der Waals surface area contributed by atoms with Crippen LogP contribution in [0.15, 0.2) is 11.6 Å². The molecule has 0 saturated heterocycles. The fourth-order valence-corrected chi connectivity index (χ4v) is 5.11. The molecule has 0 amide bonds. The van der Waals surface area contributed by atoms with Crippen molar-refractivity contribution in [3.8, 4) is 11.8 Å². The van der Waals surface area contributed by atoms with Crippen molar-refractivity contribution in [2.45, 2.75) is 76.4 Å². The summed E-state index contributed by atoms with van der Waals surface area (Å²) in [4.78, 5) is 10.5. The summed E-state index contributed by atoms with van der Waals surface area (Å²) in [5.74, 6) is 7.99. The first-order valence-corrected chi connectivity index (χ1v) is 9.58. The van der Waals surface area contributed by atoms with Crippen LogP contribution in [-0.2, 0) is 4.79 Å². The Kier molecular flexibility index (Phi) is 5.47. The third-order valence-electron chi connectivity index (χ3n) is 6.48. The zero-order chi connectivity index (χ0) is 17.2. The van der Waals surface area contributed by atoms with Crippen LogP contribution in [0.25, 0.3) is 0 Å². The van der Waals surface area contributed by atoms with E-state index in [0.29, 0.717) is 30.6 Å². The van der Waals surface area contributed by atoms with Crippen molar-refractivity contribution in [2.75, 3.05) is 0 Å². The molecule has 0 bridgehead atoms. The number of rotatable bonds is 4. The number of fused-ring (bicyclic) bond motifs is 1. The summed E-state index contributed by atoms with van der Waals surface area (Å²) < 4.78 is 0. The lowest BCUT2D eigenvalue weighted by Gasteiger charge is -2.53. The van der Waals surface area contributed by atoms with Gasteiger partial charge in [-0.15, -0.1) is 0 Å². The average molecular weight is 330 g/mol. The molecule has 0 aromatic rings. The van der Waals surface area contributed by atoms with Gasteiger partial charge < -0.3 is 15.0 Å². The Bertz CT molecular complexity index is 547. The predicted molar refractivity (Wildman–Crippen MR) is 94.1 cm³/mol. The van der Waals surface area contributed by atoms with Gasteiger partial charge in [0.2, 0.25) is 0 Å². The normalized spacial score (nSPS) is 38.8. The van der Waals surface area contributed by atoms with Gasteiger partial charge in [0.1, 0.15) is 6.29 Å². The Morgan fingerprint density at radius 3 is 2.71 bits per heavy atom. The first-order valence-electron chi connectivity index (χ1n) is 9.58. The molecule has 132 valence electrons. The van der Waals surface area contributed by atoms with Crippen LogP contribution in [0.5, 0.6) is 0 Å². The fraction of sp³-hybridized carbons (Fsp3) is 0.762. The molecule has 3 aliphatic carbocycles. The van der Waals surface area contributed by atoms with Gasteiger partial charge in [-0.3, -0.25) is 0 Å². The number of hydrogen-bond acceptors (Lipinski definition) is 3. The second-order valence-electron chi connectivity index (χ2n) is 8.02. The van der Waals surface area contributed by atoms with Crippen LogP contribution in [-0.4, -0.2) is 28.2 Å². The molecule has 0 aromatic heterocycles. The lowest BCUT2D eigenvalue weighted by atomic mass is 9.51. The maximum Gasteiger partial charge on any atom is 0.120 e. The standard InChI is InChI=1S/C21H30O3/c1-15-16(7-2-5-14-22)17-9-10-19(23)18(20(15)17)8-6-13-21(24)11-3-4-12-21/h7,14-15,17-20,23-24H,2-5,9-13H2,1H3/b16-7-. The van der Waals surface area contributed by atoms with Crippen molar-refractivity contribution in [3.05, 3.63) is 11.6 Å². The zero-order valence-corrected chi connectivity index (χ0v) is 14.7. The summed E-state index contributed by atoms with van der Waals surface area (Å²) >= 11 is 0. The van der Waals surface area contributed by atoms with E-state index < -0.39 is 5.60 Å². The van der Waals surface area contributed by atoms with Gasteiger partial charge in [0, 0.05) is 12.8 Å². The Labute approximate surface area is 145 Å². The van der Waals surface area contributed by atoms with E-state index in [1.165, 1.54) is 5.57 Å². The van der Waals surface area contributed by atoms with Crippen LogP contribution in [0.3, 0.4) is 0 Å². The molecule has 3 rings (SSSR count). The number of hydrogen-bond donors (Lipinski definition) is 2. The largest absolute Gasteiger partial charge is 0.392 e. The third-order valence-corrected chi connectivity index (χ3v) is 6.48. The highest BCUT2D eigenvalue weighted by Crippen LogP contribution is 2.55. The summed E-state index contributed by atoms with van der Waals surface area (Å²) in [6, 6.07) is 0. The molecule has 0 heterocycles. The van der Waals surface area contributed by atoms with Gasteiger partial charge in [0.15, 0.2) is 0 Å². The van der Waals surface area contributed by atoms with Gasteiger partial charge in [-0.05, 0) is 49.9 Å². The van der Waals surface area contributed by atoms with Crippen molar-refractivity contribution in [2.24, 2.45) is 23.7 Å². The van der Waals surface area contributed by atoms with E-state index in [4.69, 9.17) is 0 Å². The molecule has 0 spiro atoms. The molecule has 0 aliphatic heterocycles. The number of aldehydes is 1. The van der Waals surface area contributed by atoms with Crippen LogP contribution in [0.2, 0.25) is 0 Å². The lowest BCUT2D eigenvalue weighted by molar-refractivity contribution is -0.107. The second-order valence-corrected chi connectivity index (χ2v) is 8.02. The SMILES string of the molecule is CC1/C(=C/CCC=O)C2CCC(O)C(C#CCC3(O)CCCC3)C12. The first-order chi connectivity index (χ1) is 11.6. The van der Waals surface area contributed by atoms with Crippen LogP contribution in [0.1, 0.15) is 64.7 Å². The highest BCUT2D eigenvalue weighted by Gasteiger charge is 2.50. The molecule has 5 unspecified atom stereocenters. The van der Waals surface area contributed by atoms with Gasteiger partial charge in [-0.2, -0.15) is 0 Å². The Morgan fingerprint density at radius 1 is 1.25 bits per heavy atom. The van der Waals surface area contributed by atoms with E-state index in [0.717, 1.165) is 51.2 Å². The van der Waals surface area contributed by atoms with E-state index in [2.05, 4.69) is 24.8 Å². The highest BCUT2D eigenvalue weighted by molar-refractivity contribution is 5.49. The molecule has 2 N–H and O–H groups in total. The second kappa shape index (κ2) is 7.42. The van der Waals surface area contributed by atoms with Crippen molar-refractivity contribution < 1.29 is 15.0 Å². The van der Waals surface area contributed by atoms with Crippen LogP contribution in [0, 0.1) is 35.5 Å². The summed E-state index contributed by atoms with van der Waals surface area (Å²) in [5, 5.41) is 20.9. The molecule has 5 atom stereocenters. The molecule has 3 fully saturated rings. The Hall–Kier alpha value is -1.11. The molecular formula is C21H30O3. The summed E-state index contributed by atoms with van der Waals surface area (Å²) in [7, 11) is 0. The minimum atomic E-state index is -0.586. The van der Waals surface area contributed by atoms with Crippen LogP contribution in [0.4, 0.5) is 0 Å². The van der Waals surface area contributed by atoms with Gasteiger partial charge in [-0.25, -0.2) is 0 Å². The Morgan fingerprint density at radius 2 is 2.00 bits per heavy atom. The summed E-state index contributed by atoms with van der Waals surface area (Å²) in [6.07, 6.45) is 10.6. The van der Waals surface area contributed by atoms with Crippen LogP contribution >= 0.6 is 0 Å². The van der Waals surface area contributed by atoms with Gasteiger partial charge in [0.25, 0.3) is 0 Å². The van der Waals surface area contributed by atoms with Crippen molar-refractivity contribution in [3.63, 3.8) is 0 Å². The van der Waals surface area contributed by atoms with Crippen molar-refractivity contribution in [1.82, 2.24) is 0 Å². The Balaban J connectivity index is 1.65. The smallest absolute Gasteiger partial charge is 0.120 e. The van der Waals surface area contributed by atoms with Gasteiger partial charge >= 0.3 is 0 Å². The van der Waals surface area contributed by atoms with E-state index >= 15 is 0 Å². The van der Waals surface area contributed by atoms with Crippen molar-refractivity contribution in [1.29, 1.82) is 0 Å².